The molecule has 0 heterocycles. The van der Waals surface area contributed by atoms with Crippen molar-refractivity contribution in [3.8, 4) is 0 Å². The molecule has 7 heteroatoms. The van der Waals surface area contributed by atoms with Crippen LogP contribution in [0.3, 0.4) is 0 Å². The Bertz CT molecular complexity index is 391. The second-order valence-electron chi connectivity index (χ2n) is 2.98. The lowest BCUT2D eigenvalue weighted by Gasteiger charge is -1.96. The van der Waals surface area contributed by atoms with Crippen molar-refractivity contribution in [2.24, 2.45) is 0 Å². The maximum atomic E-state index is 10.8. The number of benzene rings is 1. The Morgan fingerprint density at radius 1 is 1.06 bits per heavy atom. The van der Waals surface area contributed by atoms with E-state index in [4.69, 9.17) is 46.4 Å². The van der Waals surface area contributed by atoms with Crippen molar-refractivity contribution in [2.45, 2.75) is 9.00 Å². The highest BCUT2D eigenvalue weighted by Crippen LogP contribution is 2.29. The van der Waals surface area contributed by atoms with E-state index in [-0.39, 0.29) is 5.75 Å². The summed E-state index contributed by atoms with van der Waals surface area (Å²) >= 11 is 19.3. The molecule has 0 fully saturated rings. The van der Waals surface area contributed by atoms with E-state index in [1.807, 2.05) is 18.2 Å². The summed E-state index contributed by atoms with van der Waals surface area (Å²) in [5, 5.41) is 0. The van der Waals surface area contributed by atoms with E-state index < -0.39 is 13.1 Å². The van der Waals surface area contributed by atoms with Gasteiger partial charge in [-0.2, -0.15) is 0 Å². The van der Waals surface area contributed by atoms with Crippen molar-refractivity contribution in [1.29, 1.82) is 0 Å². The summed E-state index contributed by atoms with van der Waals surface area (Å²) in [5.74, 6) is 0.133. The van der Waals surface area contributed by atoms with Crippen LogP contribution in [-0.4, -0.2) is 17.9 Å². The first-order valence-electron chi connectivity index (χ1n) is 4.05. The predicted octanol–water partition coefficient (Wildman–Crippen LogP) is 3.78. The summed E-state index contributed by atoms with van der Waals surface area (Å²) in [5.41, 5.74) is 0.843. The molecule has 0 amide bonds. The lowest BCUT2D eigenvalue weighted by atomic mass is 10.2. The topological polar surface area (TPSA) is 34.1 Å². The van der Waals surface area contributed by atoms with Gasteiger partial charge in [-0.05, 0) is 5.56 Å². The maximum Gasteiger partial charge on any atom is 0.266 e. The van der Waals surface area contributed by atoms with Crippen LogP contribution in [-0.2, 0) is 15.6 Å². The van der Waals surface area contributed by atoms with Gasteiger partial charge in [0, 0.05) is 6.26 Å². The first-order chi connectivity index (χ1) is 7.08. The highest BCUT2D eigenvalue weighted by Gasteiger charge is 2.11. The van der Waals surface area contributed by atoms with Crippen LogP contribution in [0.25, 0.3) is 0 Å². The lowest BCUT2D eigenvalue weighted by Crippen LogP contribution is -1.99. The molecule has 0 atom stereocenters. The molecule has 16 heavy (non-hydrogen) atoms. The molecule has 0 aliphatic heterocycles. The summed E-state index contributed by atoms with van der Waals surface area (Å²) in [6.45, 7) is 0. The van der Waals surface area contributed by atoms with Gasteiger partial charge in [0.05, 0.1) is 5.75 Å². The third-order valence-corrected chi connectivity index (χ3v) is 2.13. The third-order valence-electron chi connectivity index (χ3n) is 1.27. The molecular weight excluding hydrogens is 314 g/mol. The van der Waals surface area contributed by atoms with Crippen LogP contribution in [0.4, 0.5) is 0 Å². The molecule has 0 spiro atoms. The van der Waals surface area contributed by atoms with Gasteiger partial charge in [-0.25, -0.2) is 8.42 Å². The molecule has 0 saturated heterocycles. The minimum atomic E-state index is -2.88. The van der Waals surface area contributed by atoms with E-state index in [0.29, 0.717) is 0 Å². The zero-order valence-electron chi connectivity index (χ0n) is 8.33. The summed E-state index contributed by atoms with van der Waals surface area (Å²) in [6.07, 6.45) is 1.24. The molecule has 1 aromatic rings. The van der Waals surface area contributed by atoms with Gasteiger partial charge in [-0.15, -0.1) is 0 Å². The van der Waals surface area contributed by atoms with Crippen LogP contribution in [0.1, 0.15) is 5.56 Å². The zero-order valence-corrected chi connectivity index (χ0v) is 12.2. The molecule has 1 aromatic carbocycles. The van der Waals surface area contributed by atoms with Crippen LogP contribution in [0.5, 0.6) is 0 Å². The molecule has 0 aliphatic carbocycles. The first-order valence-corrected chi connectivity index (χ1v) is 7.62. The third kappa shape index (κ3) is 14.3. The van der Waals surface area contributed by atoms with Crippen LogP contribution in [0.2, 0.25) is 0 Å². The minimum Gasteiger partial charge on any atom is -0.229 e. The molecule has 1 rings (SSSR count). The summed E-state index contributed by atoms with van der Waals surface area (Å²) in [4.78, 5) is 0. The van der Waals surface area contributed by atoms with E-state index >= 15 is 0 Å². The predicted molar refractivity (Wildman–Crippen MR) is 71.1 cm³/mol. The number of sulfone groups is 1. The van der Waals surface area contributed by atoms with Gasteiger partial charge < -0.3 is 0 Å². The van der Waals surface area contributed by atoms with Gasteiger partial charge in [0.1, 0.15) is 0 Å². The zero-order chi connectivity index (χ0) is 12.8. The minimum absolute atomic E-state index is 0.133. The molecule has 0 aromatic heterocycles. The molecule has 0 radical (unpaired) electrons. The summed E-state index contributed by atoms with van der Waals surface area (Å²) < 4.78 is 20.0. The molecule has 0 aliphatic rings. The fraction of sp³-hybridized carbons (Fsp3) is 0.333. The Morgan fingerprint density at radius 3 is 1.75 bits per heavy atom. The van der Waals surface area contributed by atoms with Gasteiger partial charge in [0.2, 0.25) is 0 Å². The van der Waals surface area contributed by atoms with E-state index in [1.165, 1.54) is 6.26 Å². The van der Waals surface area contributed by atoms with E-state index in [9.17, 15) is 8.42 Å². The molecule has 2 nitrogen and oxygen atoms in total. The van der Waals surface area contributed by atoms with Crippen LogP contribution < -0.4 is 0 Å². The molecule has 92 valence electrons. The number of alkyl halides is 4. The van der Waals surface area contributed by atoms with Gasteiger partial charge in [0.25, 0.3) is 3.25 Å². The smallest absolute Gasteiger partial charge is 0.229 e. The number of hydrogen-bond acceptors (Lipinski definition) is 2. The molecule has 0 bridgehead atoms. The molecular formula is C9H10Cl4O2S. The van der Waals surface area contributed by atoms with Crippen molar-refractivity contribution >= 4 is 56.2 Å². The Morgan fingerprint density at radius 2 is 1.44 bits per heavy atom. The van der Waals surface area contributed by atoms with Crippen LogP contribution >= 0.6 is 46.4 Å². The first kappa shape index (κ1) is 16.3. The number of rotatable bonds is 2. The number of hydrogen-bond donors (Lipinski definition) is 0. The van der Waals surface area contributed by atoms with Crippen molar-refractivity contribution in [3.63, 3.8) is 0 Å². The molecule has 0 unspecified atom stereocenters. The summed E-state index contributed by atoms with van der Waals surface area (Å²) in [6, 6.07) is 9.15. The Kier molecular flexibility index (Phi) is 7.06. The molecule has 0 saturated carbocycles. The van der Waals surface area contributed by atoms with E-state index in [0.717, 1.165) is 5.56 Å². The van der Waals surface area contributed by atoms with E-state index in [1.54, 1.807) is 12.1 Å². The van der Waals surface area contributed by atoms with Crippen molar-refractivity contribution in [1.82, 2.24) is 0 Å². The standard InChI is InChI=1S/C8H10O2S.CCl4/c1-11(9,10)7-8-5-3-2-4-6-8;2-1(3,4)5/h2-6H,7H2,1H3;. The Hall–Kier alpha value is 0.330. The fourth-order valence-corrected chi connectivity index (χ4v) is 1.67. The SMILES string of the molecule is CS(=O)(=O)Cc1ccccc1.ClC(Cl)(Cl)Cl. The van der Waals surface area contributed by atoms with Crippen molar-refractivity contribution < 1.29 is 8.42 Å². The number of halogens is 4. The van der Waals surface area contributed by atoms with Gasteiger partial charge in [0.15, 0.2) is 9.84 Å². The van der Waals surface area contributed by atoms with Crippen LogP contribution in [0, 0.1) is 0 Å². The van der Waals surface area contributed by atoms with Gasteiger partial charge >= 0.3 is 0 Å². The average molecular weight is 324 g/mol. The second-order valence-corrected chi connectivity index (χ2v) is 8.55. The quantitative estimate of drug-likeness (QED) is 0.776. The normalized spacial score (nSPS) is 11.6. The van der Waals surface area contributed by atoms with Gasteiger partial charge in [-0.3, -0.25) is 0 Å². The molecule has 0 N–H and O–H groups in total. The van der Waals surface area contributed by atoms with E-state index in [2.05, 4.69) is 0 Å². The monoisotopic (exact) mass is 322 g/mol. The van der Waals surface area contributed by atoms with Crippen LogP contribution in [0.15, 0.2) is 30.3 Å². The van der Waals surface area contributed by atoms with Crippen molar-refractivity contribution in [3.05, 3.63) is 35.9 Å². The maximum absolute atomic E-state index is 10.8. The Labute approximate surface area is 115 Å². The Balaban J connectivity index is 0.000000385. The summed E-state index contributed by atoms with van der Waals surface area (Å²) in [7, 11) is -2.88. The largest absolute Gasteiger partial charge is 0.266 e. The highest BCUT2D eigenvalue weighted by atomic mass is 35.6. The average Bonchev–Trinajstić information content (AvgIpc) is 1.99. The highest BCUT2D eigenvalue weighted by molar-refractivity contribution is 7.89. The lowest BCUT2D eigenvalue weighted by molar-refractivity contribution is 0.601. The fourth-order valence-electron chi connectivity index (χ4n) is 0.877. The van der Waals surface area contributed by atoms with Crippen molar-refractivity contribution in [2.75, 3.05) is 6.26 Å². The second kappa shape index (κ2) is 6.92. The van der Waals surface area contributed by atoms with Gasteiger partial charge in [-0.1, -0.05) is 76.7 Å².